The number of aliphatic hydroxyl groups excluding tert-OH is 3. The summed E-state index contributed by atoms with van der Waals surface area (Å²) in [5.74, 6) is 6.27. The molecule has 0 aromatic rings. The van der Waals surface area contributed by atoms with Gasteiger partial charge in [-0.15, -0.1) is 0 Å². The van der Waals surface area contributed by atoms with Crippen LogP contribution in [-0.2, 0) is 13.3 Å². The van der Waals surface area contributed by atoms with Crippen LogP contribution in [0.15, 0.2) is 0 Å². The number of hydrogen-bond donors (Lipinski definition) is 3. The summed E-state index contributed by atoms with van der Waals surface area (Å²) in [6.07, 6.45) is -0.107. The minimum Gasteiger partial charge on any atom is -0.399 e. The van der Waals surface area contributed by atoms with Crippen LogP contribution in [0.2, 0.25) is 12.1 Å². The van der Waals surface area contributed by atoms with Gasteiger partial charge in [-0.25, -0.2) is 0 Å². The van der Waals surface area contributed by atoms with E-state index in [0.29, 0.717) is 0 Å². The Morgan fingerprint density at radius 2 is 0.960 bits per heavy atom. The molecule has 0 amide bonds. The third kappa shape index (κ3) is 11.0. The Morgan fingerprint density at radius 3 is 1.32 bits per heavy atom. The van der Waals surface area contributed by atoms with Gasteiger partial charge in [0.25, 0.3) is 0 Å². The standard InChI is InChI=1S/C14H34O6S3Si2/c1-18-25(19-2,20-3)11-9-23-7-5-21-4-6-22-8-10-24(12-15,13-16)14-17/h15-17H,4-14H2,1-3H3. The lowest BCUT2D eigenvalue weighted by Gasteiger charge is -2.24. The van der Waals surface area contributed by atoms with Crippen molar-refractivity contribution in [2.75, 3.05) is 74.5 Å². The number of hydrogen-bond acceptors (Lipinski definition) is 9. The molecule has 0 aliphatic rings. The van der Waals surface area contributed by atoms with Crippen molar-refractivity contribution in [3.8, 4) is 0 Å². The van der Waals surface area contributed by atoms with Gasteiger partial charge in [0, 0.05) is 69.1 Å². The molecule has 0 heterocycles. The molecule has 0 radical (unpaired) electrons. The second kappa shape index (κ2) is 16.2. The molecule has 0 bridgehead atoms. The summed E-state index contributed by atoms with van der Waals surface area (Å²) in [5.41, 5.74) is 0. The Labute approximate surface area is 167 Å². The van der Waals surface area contributed by atoms with Gasteiger partial charge in [-0.3, -0.25) is 0 Å². The summed E-state index contributed by atoms with van der Waals surface area (Å²) < 4.78 is 16.2. The zero-order valence-electron chi connectivity index (χ0n) is 15.6. The summed E-state index contributed by atoms with van der Waals surface area (Å²) in [6.45, 7) is 0. The first-order chi connectivity index (χ1) is 12.1. The molecule has 0 aliphatic carbocycles. The number of rotatable bonds is 18. The van der Waals surface area contributed by atoms with Crippen molar-refractivity contribution < 1.29 is 28.6 Å². The fraction of sp³-hybridized carbons (Fsp3) is 1.00. The zero-order valence-corrected chi connectivity index (χ0v) is 20.0. The molecule has 0 aromatic carbocycles. The molecule has 25 heavy (non-hydrogen) atoms. The maximum atomic E-state index is 9.32. The molecular formula is C14H34O6S3Si2. The molecule has 152 valence electrons. The van der Waals surface area contributed by atoms with Crippen LogP contribution in [0.5, 0.6) is 0 Å². The van der Waals surface area contributed by atoms with Crippen molar-refractivity contribution in [1.29, 1.82) is 0 Å². The van der Waals surface area contributed by atoms with Crippen LogP contribution < -0.4 is 0 Å². The van der Waals surface area contributed by atoms with Crippen molar-refractivity contribution in [2.45, 2.75) is 12.1 Å². The molecule has 0 saturated heterocycles. The van der Waals surface area contributed by atoms with E-state index in [2.05, 4.69) is 0 Å². The largest absolute Gasteiger partial charge is 0.500 e. The molecular weight excluding hydrogens is 417 g/mol. The quantitative estimate of drug-likeness (QED) is 0.210. The molecule has 0 saturated carbocycles. The fourth-order valence-corrected chi connectivity index (χ4v) is 10.2. The van der Waals surface area contributed by atoms with E-state index in [9.17, 15) is 15.3 Å². The molecule has 0 atom stereocenters. The van der Waals surface area contributed by atoms with Gasteiger partial charge >= 0.3 is 8.80 Å². The summed E-state index contributed by atoms with van der Waals surface area (Å²) >= 11 is 5.68. The van der Waals surface area contributed by atoms with E-state index >= 15 is 0 Å². The van der Waals surface area contributed by atoms with Gasteiger partial charge in [0.15, 0.2) is 0 Å². The van der Waals surface area contributed by atoms with Gasteiger partial charge < -0.3 is 28.6 Å². The Kier molecular flexibility index (Phi) is 17.0. The van der Waals surface area contributed by atoms with E-state index in [0.717, 1.165) is 46.6 Å². The van der Waals surface area contributed by atoms with Crippen LogP contribution >= 0.6 is 35.3 Å². The molecule has 0 unspecified atom stereocenters. The molecule has 0 aromatic heterocycles. The average Bonchev–Trinajstić information content (AvgIpc) is 2.67. The SMILES string of the molecule is CO[Si](CCSCCSCCSCC[Si](CO)(CO)CO)(OC)OC. The summed E-state index contributed by atoms with van der Waals surface area (Å²) in [7, 11) is 0.295. The monoisotopic (exact) mass is 450 g/mol. The van der Waals surface area contributed by atoms with Crippen molar-refractivity contribution in [2.24, 2.45) is 0 Å². The van der Waals surface area contributed by atoms with E-state index in [1.807, 2.05) is 35.3 Å². The van der Waals surface area contributed by atoms with E-state index in [1.165, 1.54) is 0 Å². The zero-order chi connectivity index (χ0) is 19.0. The highest BCUT2D eigenvalue weighted by atomic mass is 32.2. The molecule has 0 fully saturated rings. The highest BCUT2D eigenvalue weighted by molar-refractivity contribution is 8.04. The summed E-state index contributed by atoms with van der Waals surface area (Å²) in [5, 5.41) is 28.0. The van der Waals surface area contributed by atoms with Gasteiger partial charge in [0.1, 0.15) is 8.07 Å². The second-order valence-corrected chi connectivity index (χ2v) is 16.8. The summed E-state index contributed by atoms with van der Waals surface area (Å²) in [4.78, 5) is 0. The van der Waals surface area contributed by atoms with Gasteiger partial charge in [-0.1, -0.05) is 0 Å². The lowest BCUT2D eigenvalue weighted by atomic mass is 10.9. The van der Waals surface area contributed by atoms with Gasteiger partial charge in [0.05, 0.1) is 0 Å². The predicted octanol–water partition coefficient (Wildman–Crippen LogP) is 1.11. The number of aliphatic hydroxyl groups is 3. The third-order valence-electron chi connectivity index (χ3n) is 4.01. The lowest BCUT2D eigenvalue weighted by molar-refractivity contribution is 0.125. The van der Waals surface area contributed by atoms with Crippen molar-refractivity contribution in [1.82, 2.24) is 0 Å². The summed E-state index contributed by atoms with van der Waals surface area (Å²) in [6, 6.07) is 1.60. The number of thioether (sulfide) groups is 3. The Bertz CT molecular complexity index is 266. The van der Waals surface area contributed by atoms with Crippen LogP contribution in [0, 0.1) is 0 Å². The predicted molar refractivity (Wildman–Crippen MR) is 115 cm³/mol. The normalized spacial score (nSPS) is 12.7. The second-order valence-electron chi connectivity index (χ2n) is 5.61. The fourth-order valence-electron chi connectivity index (χ4n) is 1.97. The highest BCUT2D eigenvalue weighted by Crippen LogP contribution is 2.18. The van der Waals surface area contributed by atoms with E-state index in [1.54, 1.807) is 21.3 Å². The van der Waals surface area contributed by atoms with Crippen LogP contribution in [0.1, 0.15) is 0 Å². The first kappa shape index (κ1) is 26.2. The maximum Gasteiger partial charge on any atom is 0.500 e. The van der Waals surface area contributed by atoms with E-state index < -0.39 is 16.9 Å². The van der Waals surface area contributed by atoms with Crippen molar-refractivity contribution >= 4 is 52.2 Å². The average molecular weight is 451 g/mol. The Balaban J connectivity index is 3.54. The van der Waals surface area contributed by atoms with Gasteiger partial charge in [-0.2, -0.15) is 35.3 Å². The molecule has 11 heteroatoms. The van der Waals surface area contributed by atoms with Crippen LogP contribution in [0.4, 0.5) is 0 Å². The first-order valence-corrected chi connectivity index (χ1v) is 16.5. The molecule has 0 aliphatic heterocycles. The minimum absolute atomic E-state index is 0.0358. The van der Waals surface area contributed by atoms with E-state index in [4.69, 9.17) is 13.3 Å². The molecule has 0 rings (SSSR count). The Hall–Kier alpha value is 1.24. The minimum atomic E-state index is -2.41. The third-order valence-corrected chi connectivity index (χ3v) is 14.3. The lowest BCUT2D eigenvalue weighted by Crippen LogP contribution is -2.48. The van der Waals surface area contributed by atoms with Gasteiger partial charge in [-0.05, 0) is 17.5 Å². The van der Waals surface area contributed by atoms with Crippen LogP contribution in [0.25, 0.3) is 0 Å². The molecule has 6 nitrogen and oxygen atoms in total. The maximum absolute atomic E-state index is 9.32. The van der Waals surface area contributed by atoms with Crippen molar-refractivity contribution in [3.05, 3.63) is 0 Å². The Morgan fingerprint density at radius 1 is 0.600 bits per heavy atom. The molecule has 3 N–H and O–H groups in total. The molecule has 0 spiro atoms. The van der Waals surface area contributed by atoms with Crippen LogP contribution in [-0.4, -0.2) is 107 Å². The van der Waals surface area contributed by atoms with Crippen LogP contribution in [0.3, 0.4) is 0 Å². The first-order valence-electron chi connectivity index (χ1n) is 8.29. The smallest absolute Gasteiger partial charge is 0.399 e. The van der Waals surface area contributed by atoms with Crippen molar-refractivity contribution in [3.63, 3.8) is 0 Å². The van der Waals surface area contributed by atoms with E-state index in [-0.39, 0.29) is 18.7 Å². The highest BCUT2D eigenvalue weighted by Gasteiger charge is 2.36. The van der Waals surface area contributed by atoms with Gasteiger partial charge in [0.2, 0.25) is 0 Å². The topological polar surface area (TPSA) is 88.4 Å².